The molecule has 8 heteroatoms. The zero-order chi connectivity index (χ0) is 17.8. The standard InChI is InChI=1S/C17H13ClFN3O2S/c1-10(15(23)20-14-8-6-13(19)7-9-14)25-17-22-21-16(24-17)11-2-4-12(18)5-3-11/h2-10H,1H3,(H,20,23)/t10-/m1/s1. The molecule has 2 aromatic carbocycles. The lowest BCUT2D eigenvalue weighted by Crippen LogP contribution is -2.22. The van der Waals surface area contributed by atoms with Crippen molar-refractivity contribution < 1.29 is 13.6 Å². The minimum atomic E-state index is -0.469. The Labute approximate surface area is 152 Å². The molecule has 1 heterocycles. The Morgan fingerprint density at radius 3 is 2.52 bits per heavy atom. The van der Waals surface area contributed by atoms with Gasteiger partial charge in [0.15, 0.2) is 0 Å². The molecule has 1 aromatic heterocycles. The van der Waals surface area contributed by atoms with Gasteiger partial charge < -0.3 is 9.73 Å². The van der Waals surface area contributed by atoms with Crippen molar-refractivity contribution in [2.75, 3.05) is 5.32 Å². The predicted octanol–water partition coefficient (Wildman–Crippen LogP) is 4.65. The highest BCUT2D eigenvalue weighted by molar-refractivity contribution is 8.00. The number of nitrogens with one attached hydrogen (secondary N) is 1. The van der Waals surface area contributed by atoms with Crippen LogP contribution in [0.5, 0.6) is 0 Å². The van der Waals surface area contributed by atoms with Crippen LogP contribution in [-0.4, -0.2) is 21.4 Å². The number of nitrogens with zero attached hydrogens (tertiary/aromatic N) is 2. The van der Waals surface area contributed by atoms with Gasteiger partial charge in [0.25, 0.3) is 5.22 Å². The highest BCUT2D eigenvalue weighted by Crippen LogP contribution is 2.27. The zero-order valence-electron chi connectivity index (χ0n) is 13.1. The van der Waals surface area contributed by atoms with Gasteiger partial charge in [0, 0.05) is 16.3 Å². The fraction of sp³-hybridized carbons (Fsp3) is 0.118. The topological polar surface area (TPSA) is 68.0 Å². The van der Waals surface area contributed by atoms with Crippen molar-refractivity contribution in [2.24, 2.45) is 0 Å². The third-order valence-electron chi connectivity index (χ3n) is 3.26. The lowest BCUT2D eigenvalue weighted by atomic mass is 10.2. The first-order valence-electron chi connectivity index (χ1n) is 7.34. The van der Waals surface area contributed by atoms with Gasteiger partial charge in [0.1, 0.15) is 5.82 Å². The smallest absolute Gasteiger partial charge is 0.277 e. The number of carbonyl (C=O) groups excluding carboxylic acids is 1. The average molecular weight is 378 g/mol. The molecule has 1 atom stereocenters. The van der Waals surface area contributed by atoms with Crippen LogP contribution in [0.15, 0.2) is 58.2 Å². The minimum Gasteiger partial charge on any atom is -0.411 e. The van der Waals surface area contributed by atoms with Gasteiger partial charge >= 0.3 is 0 Å². The van der Waals surface area contributed by atoms with E-state index in [1.807, 2.05) is 0 Å². The Balaban J connectivity index is 1.62. The van der Waals surface area contributed by atoms with E-state index in [-0.39, 0.29) is 16.9 Å². The van der Waals surface area contributed by atoms with Gasteiger partial charge in [0.2, 0.25) is 11.8 Å². The number of anilines is 1. The largest absolute Gasteiger partial charge is 0.411 e. The van der Waals surface area contributed by atoms with E-state index in [2.05, 4.69) is 15.5 Å². The number of halogens is 2. The summed E-state index contributed by atoms with van der Waals surface area (Å²) >= 11 is 6.99. The molecule has 0 saturated carbocycles. The predicted molar refractivity (Wildman–Crippen MR) is 95.1 cm³/mol. The van der Waals surface area contributed by atoms with E-state index in [1.54, 1.807) is 31.2 Å². The molecule has 0 spiro atoms. The van der Waals surface area contributed by atoms with Crippen molar-refractivity contribution in [3.8, 4) is 11.5 Å². The summed E-state index contributed by atoms with van der Waals surface area (Å²) in [5.41, 5.74) is 1.26. The lowest BCUT2D eigenvalue weighted by Gasteiger charge is -2.09. The molecule has 0 unspecified atom stereocenters. The second-order valence-electron chi connectivity index (χ2n) is 5.14. The van der Waals surface area contributed by atoms with Crippen molar-refractivity contribution >= 4 is 35.0 Å². The molecular weight excluding hydrogens is 365 g/mol. The molecule has 5 nitrogen and oxygen atoms in total. The van der Waals surface area contributed by atoms with Crippen LogP contribution in [0.25, 0.3) is 11.5 Å². The SMILES string of the molecule is C[C@@H](Sc1nnc(-c2ccc(Cl)cc2)o1)C(=O)Nc1ccc(F)cc1. The van der Waals surface area contributed by atoms with Gasteiger partial charge in [-0.25, -0.2) is 4.39 Å². The molecule has 0 aliphatic rings. The summed E-state index contributed by atoms with van der Waals surface area (Å²) in [4.78, 5) is 12.2. The first-order chi connectivity index (χ1) is 12.0. The molecule has 0 aliphatic carbocycles. The van der Waals surface area contributed by atoms with Crippen LogP contribution >= 0.6 is 23.4 Å². The molecule has 0 fully saturated rings. The van der Waals surface area contributed by atoms with Crippen LogP contribution in [0.2, 0.25) is 5.02 Å². The molecule has 0 bridgehead atoms. The van der Waals surface area contributed by atoms with Crippen LogP contribution in [0, 0.1) is 5.82 Å². The maximum absolute atomic E-state index is 12.9. The number of hydrogen-bond acceptors (Lipinski definition) is 5. The van der Waals surface area contributed by atoms with E-state index < -0.39 is 5.25 Å². The fourth-order valence-corrected chi connectivity index (χ4v) is 2.76. The zero-order valence-corrected chi connectivity index (χ0v) is 14.6. The van der Waals surface area contributed by atoms with Crippen molar-refractivity contribution in [1.29, 1.82) is 0 Å². The van der Waals surface area contributed by atoms with Gasteiger partial charge in [-0.05, 0) is 55.5 Å². The van der Waals surface area contributed by atoms with E-state index in [0.717, 1.165) is 17.3 Å². The Morgan fingerprint density at radius 2 is 1.84 bits per heavy atom. The second-order valence-corrected chi connectivity index (χ2v) is 6.86. The maximum Gasteiger partial charge on any atom is 0.277 e. The van der Waals surface area contributed by atoms with Crippen LogP contribution < -0.4 is 5.32 Å². The normalized spacial score (nSPS) is 12.0. The highest BCUT2D eigenvalue weighted by Gasteiger charge is 2.19. The van der Waals surface area contributed by atoms with Crippen molar-refractivity contribution in [2.45, 2.75) is 17.4 Å². The van der Waals surface area contributed by atoms with Crippen molar-refractivity contribution in [3.63, 3.8) is 0 Å². The molecule has 25 heavy (non-hydrogen) atoms. The first kappa shape index (κ1) is 17.4. The third kappa shape index (κ3) is 4.58. The highest BCUT2D eigenvalue weighted by atomic mass is 35.5. The van der Waals surface area contributed by atoms with Crippen molar-refractivity contribution in [3.05, 3.63) is 59.4 Å². The summed E-state index contributed by atoms with van der Waals surface area (Å²) in [6.07, 6.45) is 0. The second kappa shape index (κ2) is 7.67. The number of amides is 1. The van der Waals surface area contributed by atoms with Crippen LogP contribution in [0.1, 0.15) is 6.92 Å². The van der Waals surface area contributed by atoms with Gasteiger partial charge in [-0.3, -0.25) is 4.79 Å². The van der Waals surface area contributed by atoms with Gasteiger partial charge in [-0.15, -0.1) is 10.2 Å². The summed E-state index contributed by atoms with van der Waals surface area (Å²) in [6.45, 7) is 1.72. The molecule has 3 rings (SSSR count). The summed E-state index contributed by atoms with van der Waals surface area (Å²) < 4.78 is 18.4. The van der Waals surface area contributed by atoms with E-state index in [1.165, 1.54) is 24.3 Å². The van der Waals surface area contributed by atoms with Crippen LogP contribution in [0.3, 0.4) is 0 Å². The molecule has 3 aromatic rings. The molecule has 0 aliphatic heterocycles. The van der Waals surface area contributed by atoms with E-state index in [4.69, 9.17) is 16.0 Å². The molecule has 0 saturated heterocycles. The van der Waals surface area contributed by atoms with E-state index in [9.17, 15) is 9.18 Å². The van der Waals surface area contributed by atoms with Gasteiger partial charge in [-0.2, -0.15) is 0 Å². The number of thioether (sulfide) groups is 1. The molecule has 128 valence electrons. The molecule has 1 N–H and O–H groups in total. The number of hydrogen-bond donors (Lipinski definition) is 1. The number of carbonyl (C=O) groups is 1. The van der Waals surface area contributed by atoms with Crippen molar-refractivity contribution in [1.82, 2.24) is 10.2 Å². The summed E-state index contributed by atoms with van der Waals surface area (Å²) in [5, 5.41) is 11.0. The maximum atomic E-state index is 12.9. The molecule has 1 amide bonds. The summed E-state index contributed by atoms with van der Waals surface area (Å²) in [5.74, 6) is -0.255. The van der Waals surface area contributed by atoms with Gasteiger partial charge in [0.05, 0.1) is 5.25 Å². The molecular formula is C17H13ClFN3O2S. The number of aromatic nitrogens is 2. The Bertz CT molecular complexity index is 868. The van der Waals surface area contributed by atoms with Crippen LogP contribution in [-0.2, 0) is 4.79 Å². The average Bonchev–Trinajstić information content (AvgIpc) is 3.06. The number of benzene rings is 2. The third-order valence-corrected chi connectivity index (χ3v) is 4.44. The minimum absolute atomic E-state index is 0.247. The van der Waals surface area contributed by atoms with E-state index >= 15 is 0 Å². The number of rotatable bonds is 5. The van der Waals surface area contributed by atoms with Crippen LogP contribution in [0.4, 0.5) is 10.1 Å². The Hall–Kier alpha value is -2.38. The van der Waals surface area contributed by atoms with E-state index in [0.29, 0.717) is 16.6 Å². The Kier molecular flexibility index (Phi) is 5.35. The fourth-order valence-electron chi connectivity index (χ4n) is 1.95. The first-order valence-corrected chi connectivity index (χ1v) is 8.59. The molecule has 0 radical (unpaired) electrons. The summed E-state index contributed by atoms with van der Waals surface area (Å²) in [7, 11) is 0. The Morgan fingerprint density at radius 1 is 1.16 bits per heavy atom. The summed E-state index contributed by atoms with van der Waals surface area (Å²) in [6, 6.07) is 12.6. The monoisotopic (exact) mass is 377 g/mol. The van der Waals surface area contributed by atoms with Gasteiger partial charge in [-0.1, -0.05) is 23.4 Å². The lowest BCUT2D eigenvalue weighted by molar-refractivity contribution is -0.115. The quantitative estimate of drug-likeness (QED) is 0.655.